The average Bonchev–Trinajstić information content (AvgIpc) is 3.35. The molecule has 1 saturated heterocycles. The molecule has 3 aromatic rings. The molecule has 140 valence electrons. The van der Waals surface area contributed by atoms with Crippen molar-refractivity contribution in [3.05, 3.63) is 42.2 Å². The zero-order valence-electron chi connectivity index (χ0n) is 15.1. The molecule has 1 N–H and O–H groups in total. The summed E-state index contributed by atoms with van der Waals surface area (Å²) in [5.41, 5.74) is 1.55. The van der Waals surface area contributed by atoms with Gasteiger partial charge in [-0.2, -0.15) is 5.10 Å². The minimum Gasteiger partial charge on any atom is -0.490 e. The van der Waals surface area contributed by atoms with Crippen molar-refractivity contribution in [2.45, 2.75) is 31.9 Å². The molecular weight excluding hydrogens is 344 g/mol. The number of nitrogens with one attached hydrogen (secondary N) is 1. The standard InChI is InChI=1S/C20H22N4O3/c25-20(17-13-19-24(22-17)9-2-12-26-19)23-10-6-14(7-11-23)27-18-4-1-3-16-15(18)5-8-21-16/h1,3-5,8,13-14,21H,2,6-7,9-12H2. The van der Waals surface area contributed by atoms with E-state index in [4.69, 9.17) is 9.47 Å². The van der Waals surface area contributed by atoms with Gasteiger partial charge >= 0.3 is 0 Å². The third kappa shape index (κ3) is 3.03. The van der Waals surface area contributed by atoms with E-state index in [0.29, 0.717) is 31.3 Å². The van der Waals surface area contributed by atoms with Crippen molar-refractivity contribution < 1.29 is 14.3 Å². The molecule has 2 aliphatic heterocycles. The first-order valence-electron chi connectivity index (χ1n) is 9.50. The fourth-order valence-electron chi connectivity index (χ4n) is 3.85. The van der Waals surface area contributed by atoms with Crippen molar-refractivity contribution in [3.8, 4) is 11.6 Å². The highest BCUT2D eigenvalue weighted by Crippen LogP contribution is 2.28. The van der Waals surface area contributed by atoms with Crippen LogP contribution in [0, 0.1) is 0 Å². The predicted octanol–water partition coefficient (Wildman–Crippen LogP) is 2.83. The van der Waals surface area contributed by atoms with Crippen LogP contribution in [0.25, 0.3) is 10.9 Å². The van der Waals surface area contributed by atoms with Gasteiger partial charge in [0.1, 0.15) is 11.9 Å². The van der Waals surface area contributed by atoms with Crippen LogP contribution in [-0.4, -0.2) is 51.4 Å². The zero-order chi connectivity index (χ0) is 18.2. The highest BCUT2D eigenvalue weighted by Gasteiger charge is 2.27. The van der Waals surface area contributed by atoms with E-state index >= 15 is 0 Å². The number of benzene rings is 1. The zero-order valence-corrected chi connectivity index (χ0v) is 15.1. The molecule has 4 heterocycles. The number of aromatic nitrogens is 3. The van der Waals surface area contributed by atoms with Crippen LogP contribution in [-0.2, 0) is 6.54 Å². The minimum atomic E-state index is -0.0216. The Morgan fingerprint density at radius 3 is 2.96 bits per heavy atom. The summed E-state index contributed by atoms with van der Waals surface area (Å²) in [5, 5.41) is 5.50. The predicted molar refractivity (Wildman–Crippen MR) is 100 cm³/mol. The van der Waals surface area contributed by atoms with Crippen molar-refractivity contribution >= 4 is 16.8 Å². The molecule has 0 aliphatic carbocycles. The summed E-state index contributed by atoms with van der Waals surface area (Å²) in [5.74, 6) is 1.58. The molecule has 1 aromatic carbocycles. The van der Waals surface area contributed by atoms with Crippen molar-refractivity contribution in [3.63, 3.8) is 0 Å². The number of hydrogen-bond acceptors (Lipinski definition) is 4. The van der Waals surface area contributed by atoms with Crippen LogP contribution in [0.15, 0.2) is 36.5 Å². The molecule has 7 heteroatoms. The number of nitrogens with zero attached hydrogens (tertiary/aromatic N) is 3. The summed E-state index contributed by atoms with van der Waals surface area (Å²) >= 11 is 0. The molecule has 0 bridgehead atoms. The summed E-state index contributed by atoms with van der Waals surface area (Å²) in [7, 11) is 0. The normalized spacial score (nSPS) is 17.6. The molecule has 27 heavy (non-hydrogen) atoms. The number of hydrogen-bond donors (Lipinski definition) is 1. The SMILES string of the molecule is O=C(c1cc2n(n1)CCCO2)N1CCC(Oc2cccc3[nH]ccc23)CC1. The number of amides is 1. The van der Waals surface area contributed by atoms with E-state index in [1.807, 2.05) is 35.4 Å². The number of H-pyrrole nitrogens is 1. The molecule has 1 fully saturated rings. The number of fused-ring (bicyclic) bond motifs is 2. The summed E-state index contributed by atoms with van der Waals surface area (Å²) in [6.07, 6.45) is 4.60. The Kier molecular flexibility index (Phi) is 3.99. The number of carbonyl (C=O) groups excluding carboxylic acids is 1. The molecule has 2 aromatic heterocycles. The Bertz CT molecular complexity index is 945. The molecule has 5 rings (SSSR count). The van der Waals surface area contributed by atoms with Crippen molar-refractivity contribution in [2.75, 3.05) is 19.7 Å². The Morgan fingerprint density at radius 1 is 1.22 bits per heavy atom. The van der Waals surface area contributed by atoms with Crippen LogP contribution in [0.4, 0.5) is 0 Å². The molecule has 0 saturated carbocycles. The van der Waals surface area contributed by atoms with Gasteiger partial charge < -0.3 is 19.4 Å². The molecule has 0 spiro atoms. The first kappa shape index (κ1) is 16.2. The number of ether oxygens (including phenoxy) is 2. The summed E-state index contributed by atoms with van der Waals surface area (Å²) in [6, 6.07) is 9.83. The highest BCUT2D eigenvalue weighted by molar-refractivity contribution is 5.92. The van der Waals surface area contributed by atoms with Gasteiger partial charge in [-0.15, -0.1) is 0 Å². The van der Waals surface area contributed by atoms with Gasteiger partial charge in [-0.25, -0.2) is 4.68 Å². The number of piperidine rings is 1. The fraction of sp³-hybridized carbons (Fsp3) is 0.400. The van der Waals surface area contributed by atoms with E-state index < -0.39 is 0 Å². The van der Waals surface area contributed by atoms with Gasteiger partial charge in [-0.3, -0.25) is 4.79 Å². The molecule has 0 radical (unpaired) electrons. The Labute approximate surface area is 156 Å². The maximum atomic E-state index is 12.8. The lowest BCUT2D eigenvalue weighted by Gasteiger charge is -2.31. The van der Waals surface area contributed by atoms with Gasteiger partial charge in [-0.1, -0.05) is 6.07 Å². The Morgan fingerprint density at radius 2 is 2.11 bits per heavy atom. The third-order valence-corrected chi connectivity index (χ3v) is 5.30. The van der Waals surface area contributed by atoms with Gasteiger partial charge in [0.05, 0.1) is 6.61 Å². The molecule has 7 nitrogen and oxygen atoms in total. The van der Waals surface area contributed by atoms with E-state index in [-0.39, 0.29) is 12.0 Å². The lowest BCUT2D eigenvalue weighted by Crippen LogP contribution is -2.42. The third-order valence-electron chi connectivity index (χ3n) is 5.30. The number of carbonyl (C=O) groups is 1. The lowest BCUT2D eigenvalue weighted by molar-refractivity contribution is 0.0591. The Balaban J connectivity index is 1.23. The van der Waals surface area contributed by atoms with Crippen LogP contribution in [0.5, 0.6) is 11.6 Å². The van der Waals surface area contributed by atoms with Gasteiger partial charge in [-0.05, 0) is 18.2 Å². The summed E-state index contributed by atoms with van der Waals surface area (Å²) in [6.45, 7) is 2.85. The van der Waals surface area contributed by atoms with Gasteiger partial charge in [0.25, 0.3) is 5.91 Å². The van der Waals surface area contributed by atoms with Crippen LogP contribution >= 0.6 is 0 Å². The van der Waals surface area contributed by atoms with Crippen LogP contribution < -0.4 is 9.47 Å². The van der Waals surface area contributed by atoms with Crippen molar-refractivity contribution in [1.29, 1.82) is 0 Å². The number of aryl methyl sites for hydroxylation is 1. The second kappa shape index (κ2) is 6.64. The van der Waals surface area contributed by atoms with E-state index in [1.165, 1.54) is 0 Å². The molecular formula is C20H22N4O3. The maximum absolute atomic E-state index is 12.8. The average molecular weight is 366 g/mol. The maximum Gasteiger partial charge on any atom is 0.274 e. The van der Waals surface area contributed by atoms with Crippen LogP contribution in [0.2, 0.25) is 0 Å². The first-order valence-corrected chi connectivity index (χ1v) is 9.50. The molecule has 1 amide bonds. The first-order chi connectivity index (χ1) is 13.3. The second-order valence-corrected chi connectivity index (χ2v) is 7.10. The van der Waals surface area contributed by atoms with Gasteiger partial charge in [0.15, 0.2) is 5.69 Å². The topological polar surface area (TPSA) is 72.4 Å². The molecule has 0 atom stereocenters. The van der Waals surface area contributed by atoms with Crippen molar-refractivity contribution in [1.82, 2.24) is 19.7 Å². The van der Waals surface area contributed by atoms with E-state index in [9.17, 15) is 4.79 Å². The number of rotatable bonds is 3. The lowest BCUT2D eigenvalue weighted by atomic mass is 10.1. The van der Waals surface area contributed by atoms with Gasteiger partial charge in [0.2, 0.25) is 5.88 Å². The van der Waals surface area contributed by atoms with Crippen molar-refractivity contribution in [2.24, 2.45) is 0 Å². The molecule has 2 aliphatic rings. The number of aromatic amines is 1. The second-order valence-electron chi connectivity index (χ2n) is 7.10. The fourth-order valence-corrected chi connectivity index (χ4v) is 3.85. The monoisotopic (exact) mass is 366 g/mol. The van der Waals surface area contributed by atoms with E-state index in [1.54, 1.807) is 10.7 Å². The largest absolute Gasteiger partial charge is 0.490 e. The van der Waals surface area contributed by atoms with E-state index in [0.717, 1.165) is 42.5 Å². The quantitative estimate of drug-likeness (QED) is 0.774. The highest BCUT2D eigenvalue weighted by atomic mass is 16.5. The Hall–Kier alpha value is -2.96. The minimum absolute atomic E-state index is 0.0216. The van der Waals surface area contributed by atoms with Crippen LogP contribution in [0.3, 0.4) is 0 Å². The number of likely N-dealkylation sites (tertiary alicyclic amines) is 1. The van der Waals surface area contributed by atoms with Crippen LogP contribution in [0.1, 0.15) is 29.8 Å². The summed E-state index contributed by atoms with van der Waals surface area (Å²) in [4.78, 5) is 17.8. The smallest absolute Gasteiger partial charge is 0.274 e. The van der Waals surface area contributed by atoms with Gasteiger partial charge in [0, 0.05) is 62.1 Å². The van der Waals surface area contributed by atoms with E-state index in [2.05, 4.69) is 10.1 Å². The molecule has 0 unspecified atom stereocenters. The summed E-state index contributed by atoms with van der Waals surface area (Å²) < 4.78 is 13.6.